The smallest absolute Gasteiger partial charge is 0.407 e. The number of ether oxygens (including phenoxy) is 1. The van der Waals surface area contributed by atoms with E-state index in [0.717, 1.165) is 25.5 Å². The second-order valence-corrected chi connectivity index (χ2v) is 3.55. The lowest BCUT2D eigenvalue weighted by molar-refractivity contribution is -0.109. The fourth-order valence-corrected chi connectivity index (χ4v) is 1.30. The Bertz CT molecular complexity index is 224. The summed E-state index contributed by atoms with van der Waals surface area (Å²) >= 11 is 0. The van der Waals surface area contributed by atoms with Crippen molar-refractivity contribution in [1.29, 1.82) is 0 Å². The molecule has 0 aliphatic heterocycles. The predicted molar refractivity (Wildman–Crippen MR) is 66.1 cm³/mol. The van der Waals surface area contributed by atoms with Gasteiger partial charge in [0.15, 0.2) is 0 Å². The number of hydrogen-bond donors (Lipinski definition) is 2. The summed E-state index contributed by atoms with van der Waals surface area (Å²) in [6.45, 7) is 4.21. The number of hydrogen-bond acceptors (Lipinski definition) is 4. The Morgan fingerprint density at radius 3 is 2.81 bits per heavy atom. The van der Waals surface area contributed by atoms with Gasteiger partial charge in [0.05, 0.1) is 6.04 Å². The third kappa shape index (κ3) is 8.38. The van der Waals surface area contributed by atoms with E-state index >= 15 is 0 Å². The maximum absolute atomic E-state index is 11.0. The molecule has 5 nitrogen and oxygen atoms in total. The molecule has 0 rings (SSSR count). The van der Waals surface area contributed by atoms with E-state index in [9.17, 15) is 9.59 Å². The summed E-state index contributed by atoms with van der Waals surface area (Å²) in [7, 11) is 2.32. The van der Waals surface area contributed by atoms with Crippen molar-refractivity contribution in [1.82, 2.24) is 10.4 Å². The van der Waals surface area contributed by atoms with E-state index in [1.54, 1.807) is 0 Å². The second kappa shape index (κ2) is 10.6. The first kappa shape index (κ1) is 15.1. The Morgan fingerprint density at radius 2 is 2.25 bits per heavy atom. The van der Waals surface area contributed by atoms with Crippen molar-refractivity contribution in [3.63, 3.8) is 0 Å². The fourth-order valence-electron chi connectivity index (χ4n) is 1.06. The van der Waals surface area contributed by atoms with E-state index in [1.807, 2.05) is 0 Å². The third-order valence-electron chi connectivity index (χ3n) is 1.92. The van der Waals surface area contributed by atoms with Crippen molar-refractivity contribution in [2.75, 3.05) is 13.2 Å². The Morgan fingerprint density at radius 1 is 1.50 bits per heavy atom. The molecule has 2 unspecified atom stereocenters. The lowest BCUT2D eigenvalue weighted by Crippen LogP contribution is -2.26. The predicted octanol–water partition coefficient (Wildman–Crippen LogP) is 1.02. The van der Waals surface area contributed by atoms with Crippen molar-refractivity contribution >= 4 is 21.8 Å². The lowest BCUT2D eigenvalue weighted by atomic mass is 10.1. The van der Waals surface area contributed by atoms with Gasteiger partial charge in [-0.25, -0.2) is 4.79 Å². The number of rotatable bonds is 9. The Labute approximate surface area is 98.3 Å². The number of amides is 1. The molecule has 0 radical (unpaired) electrons. The second-order valence-electron chi connectivity index (χ2n) is 3.22. The Balaban J connectivity index is 3.35. The highest BCUT2D eigenvalue weighted by molar-refractivity contribution is 7.13. The zero-order valence-electron chi connectivity index (χ0n) is 9.28. The summed E-state index contributed by atoms with van der Waals surface area (Å²) in [4.78, 5) is 21.4. The molecular formula is C10H19N2O3P. The molecule has 0 spiro atoms. The Kier molecular flexibility index (Phi) is 9.97. The van der Waals surface area contributed by atoms with Crippen LogP contribution in [0.1, 0.15) is 19.3 Å². The zero-order chi connectivity index (χ0) is 12.2. The van der Waals surface area contributed by atoms with Gasteiger partial charge >= 0.3 is 6.09 Å². The van der Waals surface area contributed by atoms with Crippen LogP contribution in [0.25, 0.3) is 0 Å². The van der Waals surface area contributed by atoms with Gasteiger partial charge in [-0.05, 0) is 19.3 Å². The average Bonchev–Trinajstić information content (AvgIpc) is 2.31. The van der Waals surface area contributed by atoms with Crippen LogP contribution in [0.5, 0.6) is 0 Å². The quantitative estimate of drug-likeness (QED) is 0.276. The van der Waals surface area contributed by atoms with Crippen LogP contribution < -0.4 is 10.4 Å². The number of carbonyl (C=O) groups is 2. The third-order valence-corrected chi connectivity index (χ3v) is 2.35. The van der Waals surface area contributed by atoms with Gasteiger partial charge in [0.1, 0.15) is 12.9 Å². The van der Waals surface area contributed by atoms with Crippen molar-refractivity contribution in [2.24, 2.45) is 0 Å². The molecular weight excluding hydrogens is 227 g/mol. The van der Waals surface area contributed by atoms with Gasteiger partial charge in [-0.1, -0.05) is 22.0 Å². The number of nitrogens with one attached hydrogen (secondary N) is 2. The topological polar surface area (TPSA) is 67.4 Å². The van der Waals surface area contributed by atoms with Gasteiger partial charge in [-0.2, -0.15) is 0 Å². The van der Waals surface area contributed by atoms with Crippen LogP contribution in [0.4, 0.5) is 4.79 Å². The fraction of sp³-hybridized carbons (Fsp3) is 0.600. The van der Waals surface area contributed by atoms with Crippen molar-refractivity contribution < 1.29 is 14.3 Å². The van der Waals surface area contributed by atoms with Gasteiger partial charge in [0.2, 0.25) is 0 Å². The first-order valence-corrected chi connectivity index (χ1v) is 5.75. The zero-order valence-corrected chi connectivity index (χ0v) is 10.4. The van der Waals surface area contributed by atoms with Crippen LogP contribution in [0.2, 0.25) is 0 Å². The summed E-state index contributed by atoms with van der Waals surface area (Å²) in [6.07, 6.45) is 4.40. The molecule has 0 aromatic rings. The normalized spacial score (nSPS) is 11.6. The SMILES string of the molecule is C=CCOC(=O)NCCCCC(C=O)NP. The van der Waals surface area contributed by atoms with E-state index in [1.165, 1.54) is 6.08 Å². The first-order valence-electron chi connectivity index (χ1n) is 5.17. The van der Waals surface area contributed by atoms with Gasteiger partial charge < -0.3 is 14.8 Å². The van der Waals surface area contributed by atoms with Gasteiger partial charge in [0, 0.05) is 6.54 Å². The molecule has 0 saturated heterocycles. The van der Waals surface area contributed by atoms with Crippen LogP contribution in [-0.2, 0) is 9.53 Å². The molecule has 0 aliphatic carbocycles. The minimum Gasteiger partial charge on any atom is -0.445 e. The van der Waals surface area contributed by atoms with E-state index in [2.05, 4.69) is 26.4 Å². The standard InChI is InChI=1S/C10H19N2O3P/c1-2-7-15-10(14)11-6-4-3-5-9(8-13)12-16/h2,8-9,12H,1,3-7,16H2,(H,11,14). The summed E-state index contributed by atoms with van der Waals surface area (Å²) in [5.74, 6) is 0. The largest absolute Gasteiger partial charge is 0.445 e. The number of aldehydes is 1. The van der Waals surface area contributed by atoms with E-state index in [-0.39, 0.29) is 12.6 Å². The maximum atomic E-state index is 11.0. The van der Waals surface area contributed by atoms with Gasteiger partial charge in [-0.15, -0.1) is 0 Å². The Hall–Kier alpha value is -0.930. The molecule has 2 atom stereocenters. The first-order chi connectivity index (χ1) is 7.74. The number of carbonyl (C=O) groups excluding carboxylic acids is 2. The molecule has 16 heavy (non-hydrogen) atoms. The van der Waals surface area contributed by atoms with Crippen molar-refractivity contribution in [3.05, 3.63) is 12.7 Å². The highest BCUT2D eigenvalue weighted by Crippen LogP contribution is 1.99. The van der Waals surface area contributed by atoms with Crippen LogP contribution in [0.15, 0.2) is 12.7 Å². The molecule has 0 heterocycles. The van der Waals surface area contributed by atoms with E-state index in [0.29, 0.717) is 6.54 Å². The van der Waals surface area contributed by atoms with Gasteiger partial charge in [-0.3, -0.25) is 5.09 Å². The lowest BCUT2D eigenvalue weighted by Gasteiger charge is -2.08. The van der Waals surface area contributed by atoms with Crippen LogP contribution in [0.3, 0.4) is 0 Å². The van der Waals surface area contributed by atoms with Crippen molar-refractivity contribution in [3.8, 4) is 0 Å². The maximum Gasteiger partial charge on any atom is 0.407 e. The molecule has 1 amide bonds. The van der Waals surface area contributed by atoms with E-state index in [4.69, 9.17) is 4.74 Å². The highest BCUT2D eigenvalue weighted by atomic mass is 31.0. The number of alkyl carbamates (subject to hydrolysis) is 1. The summed E-state index contributed by atoms with van der Waals surface area (Å²) in [5.41, 5.74) is 0. The molecule has 6 heteroatoms. The van der Waals surface area contributed by atoms with Gasteiger partial charge in [0.25, 0.3) is 0 Å². The highest BCUT2D eigenvalue weighted by Gasteiger charge is 2.03. The molecule has 2 N–H and O–H groups in total. The molecule has 0 aromatic carbocycles. The molecule has 0 bridgehead atoms. The molecule has 92 valence electrons. The summed E-state index contributed by atoms with van der Waals surface area (Å²) < 4.78 is 4.72. The number of unbranched alkanes of at least 4 members (excludes halogenated alkanes) is 1. The van der Waals surface area contributed by atoms with E-state index < -0.39 is 6.09 Å². The molecule has 0 saturated carbocycles. The van der Waals surface area contributed by atoms with Crippen molar-refractivity contribution in [2.45, 2.75) is 25.3 Å². The minimum absolute atomic E-state index is 0.127. The average molecular weight is 246 g/mol. The molecule has 0 fully saturated rings. The summed E-state index contributed by atoms with van der Waals surface area (Å²) in [5, 5.41) is 5.41. The molecule has 0 aromatic heterocycles. The van der Waals surface area contributed by atoms with Crippen LogP contribution >= 0.6 is 9.39 Å². The van der Waals surface area contributed by atoms with Crippen LogP contribution in [0, 0.1) is 0 Å². The minimum atomic E-state index is -0.434. The van der Waals surface area contributed by atoms with Crippen LogP contribution in [-0.4, -0.2) is 31.6 Å². The monoisotopic (exact) mass is 246 g/mol. The molecule has 0 aliphatic rings. The summed E-state index contributed by atoms with van der Waals surface area (Å²) in [6, 6.07) is -0.127.